The SMILES string of the molecule is Cc1cccc(C)c1N1CCCSC1=NC(=O)NCc1ccc(-c2ncn(-c3ccc(OC(F)(F)F)cc3)n2)cc1. The zero-order valence-corrected chi connectivity index (χ0v) is 23.2. The van der Waals surface area contributed by atoms with Gasteiger partial charge in [0.15, 0.2) is 11.0 Å². The van der Waals surface area contributed by atoms with E-state index in [1.807, 2.05) is 30.3 Å². The topological polar surface area (TPSA) is 84.6 Å². The largest absolute Gasteiger partial charge is 0.573 e. The quantitative estimate of drug-likeness (QED) is 0.275. The summed E-state index contributed by atoms with van der Waals surface area (Å²) in [5.41, 5.74) is 5.56. The number of aliphatic imine (C=N–C) groups is 1. The van der Waals surface area contributed by atoms with Crippen molar-refractivity contribution in [3.8, 4) is 22.8 Å². The number of nitrogens with one attached hydrogen (secondary N) is 1. The minimum atomic E-state index is -4.75. The van der Waals surface area contributed by atoms with Crippen molar-refractivity contribution in [3.05, 3.63) is 89.7 Å². The first-order valence-corrected chi connectivity index (χ1v) is 13.8. The first-order valence-electron chi connectivity index (χ1n) is 12.9. The van der Waals surface area contributed by atoms with Gasteiger partial charge in [-0.1, -0.05) is 54.2 Å². The van der Waals surface area contributed by atoms with Crippen LogP contribution in [0.1, 0.15) is 23.1 Å². The number of amidine groups is 1. The van der Waals surface area contributed by atoms with Gasteiger partial charge < -0.3 is 15.0 Å². The Balaban J connectivity index is 1.20. The molecule has 1 aliphatic heterocycles. The van der Waals surface area contributed by atoms with Crippen LogP contribution in [0.2, 0.25) is 0 Å². The number of benzene rings is 3. The van der Waals surface area contributed by atoms with Crippen molar-refractivity contribution in [2.75, 3.05) is 17.2 Å². The Morgan fingerprint density at radius 1 is 1.05 bits per heavy atom. The van der Waals surface area contributed by atoms with E-state index in [-0.39, 0.29) is 5.75 Å². The number of rotatable bonds is 6. The van der Waals surface area contributed by atoms with E-state index >= 15 is 0 Å². The number of carbonyl (C=O) groups is 1. The summed E-state index contributed by atoms with van der Waals surface area (Å²) in [6.07, 6.45) is -2.25. The average Bonchev–Trinajstić information content (AvgIpc) is 3.43. The van der Waals surface area contributed by atoms with Crippen LogP contribution in [0.15, 0.2) is 78.0 Å². The van der Waals surface area contributed by atoms with Gasteiger partial charge in [-0.25, -0.2) is 14.5 Å². The van der Waals surface area contributed by atoms with Crippen molar-refractivity contribution >= 4 is 28.6 Å². The lowest BCUT2D eigenvalue weighted by Crippen LogP contribution is -2.36. The van der Waals surface area contributed by atoms with Gasteiger partial charge in [0.05, 0.1) is 5.69 Å². The molecule has 0 radical (unpaired) electrons. The van der Waals surface area contributed by atoms with E-state index in [1.54, 1.807) is 11.8 Å². The molecule has 8 nitrogen and oxygen atoms in total. The number of carbonyl (C=O) groups excluding carboxylic acids is 1. The Hall–Kier alpha value is -4.32. The summed E-state index contributed by atoms with van der Waals surface area (Å²) in [7, 11) is 0. The lowest BCUT2D eigenvalue weighted by molar-refractivity contribution is -0.274. The van der Waals surface area contributed by atoms with Crippen molar-refractivity contribution in [2.45, 2.75) is 33.2 Å². The van der Waals surface area contributed by atoms with E-state index in [4.69, 9.17) is 0 Å². The van der Waals surface area contributed by atoms with Crippen LogP contribution in [-0.2, 0) is 6.54 Å². The summed E-state index contributed by atoms with van der Waals surface area (Å²) >= 11 is 1.58. The molecular formula is C29H27F3N6O2S. The van der Waals surface area contributed by atoms with Gasteiger partial charge in [0.2, 0.25) is 0 Å². The molecule has 1 fully saturated rings. The minimum absolute atomic E-state index is 0.304. The number of halogens is 3. The highest BCUT2D eigenvalue weighted by Crippen LogP contribution is 2.31. The normalized spacial score (nSPS) is 14.8. The fraction of sp³-hybridized carbons (Fsp3) is 0.241. The number of hydrogen-bond donors (Lipinski definition) is 1. The maximum absolute atomic E-state index is 12.7. The summed E-state index contributed by atoms with van der Waals surface area (Å²) < 4.78 is 42.5. The highest BCUT2D eigenvalue weighted by Gasteiger charge is 2.31. The number of urea groups is 1. The fourth-order valence-electron chi connectivity index (χ4n) is 4.49. The molecule has 0 bridgehead atoms. The molecule has 3 aromatic carbocycles. The lowest BCUT2D eigenvalue weighted by atomic mass is 10.1. The van der Waals surface area contributed by atoms with Crippen molar-refractivity contribution in [1.82, 2.24) is 20.1 Å². The van der Waals surface area contributed by atoms with Crippen molar-refractivity contribution in [1.29, 1.82) is 0 Å². The zero-order chi connectivity index (χ0) is 29.0. The summed E-state index contributed by atoms with van der Waals surface area (Å²) in [6.45, 7) is 5.25. The fourth-order valence-corrected chi connectivity index (χ4v) is 5.43. The Morgan fingerprint density at radius 2 is 1.76 bits per heavy atom. The Bertz CT molecular complexity index is 1530. The van der Waals surface area contributed by atoms with Gasteiger partial charge in [0, 0.05) is 30.1 Å². The van der Waals surface area contributed by atoms with Gasteiger partial charge in [-0.3, -0.25) is 0 Å². The summed E-state index contributed by atoms with van der Waals surface area (Å²) in [6, 6.07) is 18.5. The van der Waals surface area contributed by atoms with Crippen LogP contribution in [0, 0.1) is 13.8 Å². The number of para-hydroxylation sites is 1. The minimum Gasteiger partial charge on any atom is -0.406 e. The third-order valence-electron chi connectivity index (χ3n) is 6.38. The molecule has 0 saturated carbocycles. The van der Waals surface area contributed by atoms with E-state index < -0.39 is 12.4 Å². The van der Waals surface area contributed by atoms with Crippen molar-refractivity contribution < 1.29 is 22.7 Å². The molecule has 2 heterocycles. The van der Waals surface area contributed by atoms with Crippen LogP contribution in [0.25, 0.3) is 17.1 Å². The Kier molecular flexibility index (Phi) is 8.29. The second-order valence-electron chi connectivity index (χ2n) is 9.40. The maximum atomic E-state index is 12.7. The predicted molar refractivity (Wildman–Crippen MR) is 153 cm³/mol. The summed E-state index contributed by atoms with van der Waals surface area (Å²) in [5, 5.41) is 7.98. The van der Waals surface area contributed by atoms with Gasteiger partial charge in [0.25, 0.3) is 0 Å². The number of aromatic nitrogens is 3. The van der Waals surface area contributed by atoms with Crippen LogP contribution in [0.4, 0.5) is 23.7 Å². The van der Waals surface area contributed by atoms with Crippen molar-refractivity contribution in [2.24, 2.45) is 4.99 Å². The Morgan fingerprint density at radius 3 is 2.44 bits per heavy atom. The second kappa shape index (κ2) is 12.0. The number of amides is 2. The molecule has 1 saturated heterocycles. The standard InChI is InChI=1S/C29H27F3N6O2S/c1-19-5-3-6-20(2)25(19)37-15-4-16-41-28(37)35-27(39)33-17-21-7-9-22(10-8-21)26-34-18-38(36-26)23-11-13-24(14-12-23)40-29(30,31)32/h3,5-14,18H,4,15-17H2,1-2H3,(H,33,39). The van der Waals surface area contributed by atoms with E-state index in [0.717, 1.165) is 46.7 Å². The molecule has 0 unspecified atom stereocenters. The molecule has 0 atom stereocenters. The molecule has 41 heavy (non-hydrogen) atoms. The molecule has 5 rings (SSSR count). The number of alkyl halides is 3. The van der Waals surface area contributed by atoms with E-state index in [0.29, 0.717) is 23.2 Å². The van der Waals surface area contributed by atoms with Crippen LogP contribution < -0.4 is 15.0 Å². The predicted octanol–water partition coefficient (Wildman–Crippen LogP) is 6.66. The molecule has 1 N–H and O–H groups in total. The van der Waals surface area contributed by atoms with Crippen molar-refractivity contribution in [3.63, 3.8) is 0 Å². The molecule has 0 spiro atoms. The molecule has 12 heteroatoms. The highest BCUT2D eigenvalue weighted by atomic mass is 32.2. The monoisotopic (exact) mass is 580 g/mol. The number of anilines is 1. The molecule has 2 amide bonds. The second-order valence-corrected chi connectivity index (χ2v) is 10.5. The van der Waals surface area contributed by atoms with Gasteiger partial charge in [-0.2, -0.15) is 4.99 Å². The average molecular weight is 581 g/mol. The molecule has 1 aromatic heterocycles. The first-order chi connectivity index (χ1) is 19.7. The molecule has 4 aromatic rings. The van der Waals surface area contributed by atoms with E-state index in [2.05, 4.69) is 56.0 Å². The molecule has 0 aliphatic carbocycles. The third-order valence-corrected chi connectivity index (χ3v) is 7.44. The van der Waals surface area contributed by atoms with Crippen LogP contribution in [0.5, 0.6) is 5.75 Å². The highest BCUT2D eigenvalue weighted by molar-refractivity contribution is 8.14. The van der Waals surface area contributed by atoms with E-state index in [9.17, 15) is 18.0 Å². The van der Waals surface area contributed by atoms with Gasteiger partial charge in [0.1, 0.15) is 12.1 Å². The number of nitrogens with zero attached hydrogens (tertiary/aromatic N) is 5. The number of aryl methyl sites for hydroxylation is 2. The zero-order valence-electron chi connectivity index (χ0n) is 22.4. The van der Waals surface area contributed by atoms with Gasteiger partial charge in [-0.15, -0.1) is 18.3 Å². The van der Waals surface area contributed by atoms with Gasteiger partial charge in [-0.05, 0) is 61.2 Å². The number of hydrogen-bond acceptors (Lipinski definition) is 5. The van der Waals surface area contributed by atoms with Crippen LogP contribution in [-0.4, -0.2) is 44.6 Å². The summed E-state index contributed by atoms with van der Waals surface area (Å²) in [5.74, 6) is 1.05. The first kappa shape index (κ1) is 28.2. The molecule has 1 aliphatic rings. The summed E-state index contributed by atoms with van der Waals surface area (Å²) in [4.78, 5) is 23.5. The van der Waals surface area contributed by atoms with Crippen LogP contribution >= 0.6 is 11.8 Å². The smallest absolute Gasteiger partial charge is 0.406 e. The van der Waals surface area contributed by atoms with Crippen LogP contribution in [0.3, 0.4) is 0 Å². The molecule has 212 valence electrons. The maximum Gasteiger partial charge on any atom is 0.573 e. The number of thioether (sulfide) groups is 1. The number of ether oxygens (including phenoxy) is 1. The Labute approximate surface area is 239 Å². The third kappa shape index (κ3) is 7.07. The molecular weight excluding hydrogens is 553 g/mol. The lowest BCUT2D eigenvalue weighted by Gasteiger charge is -2.31. The van der Waals surface area contributed by atoms with Gasteiger partial charge >= 0.3 is 12.4 Å². The van der Waals surface area contributed by atoms with E-state index in [1.165, 1.54) is 35.3 Å².